The molecule has 3 rings (SSSR count). The summed E-state index contributed by atoms with van der Waals surface area (Å²) >= 11 is 1.93. The number of piperazine rings is 1. The van der Waals surface area contributed by atoms with Crippen LogP contribution in [0.3, 0.4) is 0 Å². The molecule has 2 saturated heterocycles. The first kappa shape index (κ1) is 15.0. The van der Waals surface area contributed by atoms with Crippen LogP contribution >= 0.6 is 11.3 Å². The number of nitrogens with zero attached hydrogens (tertiary/aromatic N) is 2. The van der Waals surface area contributed by atoms with Crippen LogP contribution < -0.4 is 0 Å². The highest BCUT2D eigenvalue weighted by Gasteiger charge is 2.40. The van der Waals surface area contributed by atoms with E-state index in [1.807, 2.05) is 11.3 Å². The van der Waals surface area contributed by atoms with Crippen LogP contribution in [-0.2, 0) is 17.8 Å². The summed E-state index contributed by atoms with van der Waals surface area (Å²) in [5.74, 6) is 0.339. The van der Waals surface area contributed by atoms with E-state index in [0.29, 0.717) is 11.9 Å². The minimum atomic E-state index is 0.0422. The smallest absolute Gasteiger partial charge is 0.239 e. The van der Waals surface area contributed by atoms with Crippen LogP contribution in [0.25, 0.3) is 0 Å². The van der Waals surface area contributed by atoms with Crippen LogP contribution in [0.4, 0.5) is 0 Å². The lowest BCUT2D eigenvalue weighted by Gasteiger charge is -2.41. The first-order chi connectivity index (χ1) is 10.2. The quantitative estimate of drug-likeness (QED) is 0.833. The van der Waals surface area contributed by atoms with Gasteiger partial charge in [0.2, 0.25) is 5.91 Å². The number of amides is 1. The monoisotopic (exact) mass is 306 g/mol. The number of rotatable bonds is 5. The third kappa shape index (κ3) is 3.16. The van der Waals surface area contributed by atoms with Crippen LogP contribution in [0.5, 0.6) is 0 Å². The maximum atomic E-state index is 12.4. The molecular formula is C17H26N2OS. The second-order valence-corrected chi connectivity index (χ2v) is 7.66. The first-order valence-electron chi connectivity index (χ1n) is 8.31. The maximum absolute atomic E-state index is 12.4. The molecule has 2 atom stereocenters. The van der Waals surface area contributed by atoms with Crippen molar-refractivity contribution < 1.29 is 4.79 Å². The summed E-state index contributed by atoms with van der Waals surface area (Å²) in [6, 6.07) is 5.04. The second kappa shape index (κ2) is 6.49. The Hall–Kier alpha value is -0.870. The Labute approximate surface area is 131 Å². The molecule has 3 nitrogen and oxygen atoms in total. The average Bonchev–Trinajstić information content (AvgIpc) is 3.11. The van der Waals surface area contributed by atoms with Gasteiger partial charge in [0.15, 0.2) is 0 Å². The molecule has 2 aliphatic rings. The van der Waals surface area contributed by atoms with Crippen molar-refractivity contribution in [1.82, 2.24) is 9.80 Å². The molecule has 2 fully saturated rings. The first-order valence-corrected chi connectivity index (χ1v) is 9.12. The molecule has 116 valence electrons. The van der Waals surface area contributed by atoms with Gasteiger partial charge in [0.05, 0.1) is 6.04 Å². The zero-order valence-electron chi connectivity index (χ0n) is 13.2. The van der Waals surface area contributed by atoms with E-state index in [-0.39, 0.29) is 6.04 Å². The molecule has 1 amide bonds. The van der Waals surface area contributed by atoms with Gasteiger partial charge in [-0.2, -0.15) is 0 Å². The number of carbonyl (C=O) groups is 1. The molecule has 4 heteroatoms. The van der Waals surface area contributed by atoms with Gasteiger partial charge >= 0.3 is 0 Å². The lowest BCUT2D eigenvalue weighted by atomic mass is 10.1. The molecule has 0 unspecified atom stereocenters. The van der Waals surface area contributed by atoms with Crippen LogP contribution in [-0.4, -0.2) is 40.9 Å². The van der Waals surface area contributed by atoms with Crippen molar-refractivity contribution in [3.05, 3.63) is 21.9 Å². The molecule has 3 heterocycles. The van der Waals surface area contributed by atoms with Crippen molar-refractivity contribution in [2.45, 2.75) is 64.6 Å². The lowest BCUT2D eigenvalue weighted by molar-refractivity contribution is -0.143. The van der Waals surface area contributed by atoms with E-state index in [9.17, 15) is 4.79 Å². The van der Waals surface area contributed by atoms with Crippen molar-refractivity contribution in [2.24, 2.45) is 0 Å². The van der Waals surface area contributed by atoms with Crippen molar-refractivity contribution in [2.75, 3.05) is 13.1 Å². The molecular weight excluding hydrogens is 280 g/mol. The van der Waals surface area contributed by atoms with Crippen molar-refractivity contribution in [3.8, 4) is 0 Å². The SMILES string of the molecule is CCCCc1ccc(CN2C[C@H]3CCCN3C(=O)[C@H]2C)s1. The highest BCUT2D eigenvalue weighted by Crippen LogP contribution is 2.28. The van der Waals surface area contributed by atoms with Gasteiger partial charge in [-0.05, 0) is 44.7 Å². The van der Waals surface area contributed by atoms with Gasteiger partial charge in [0.1, 0.15) is 0 Å². The van der Waals surface area contributed by atoms with Crippen molar-refractivity contribution in [3.63, 3.8) is 0 Å². The van der Waals surface area contributed by atoms with E-state index in [2.05, 4.69) is 35.8 Å². The summed E-state index contributed by atoms with van der Waals surface area (Å²) < 4.78 is 0. The fourth-order valence-corrected chi connectivity index (χ4v) is 4.62. The Morgan fingerprint density at radius 1 is 1.33 bits per heavy atom. The number of hydrogen-bond donors (Lipinski definition) is 0. The summed E-state index contributed by atoms with van der Waals surface area (Å²) in [6.45, 7) is 7.27. The van der Waals surface area contributed by atoms with E-state index in [0.717, 1.165) is 19.6 Å². The van der Waals surface area contributed by atoms with Crippen LogP contribution in [0, 0.1) is 0 Å². The van der Waals surface area contributed by atoms with E-state index in [1.165, 1.54) is 41.9 Å². The van der Waals surface area contributed by atoms with Crippen LogP contribution in [0.15, 0.2) is 12.1 Å². The van der Waals surface area contributed by atoms with Crippen LogP contribution in [0.2, 0.25) is 0 Å². The normalized spacial score (nSPS) is 26.4. The van der Waals surface area contributed by atoms with E-state index in [4.69, 9.17) is 0 Å². The van der Waals surface area contributed by atoms with Gasteiger partial charge in [0.25, 0.3) is 0 Å². The van der Waals surface area contributed by atoms with Crippen molar-refractivity contribution in [1.29, 1.82) is 0 Å². The molecule has 0 aliphatic carbocycles. The largest absolute Gasteiger partial charge is 0.337 e. The predicted molar refractivity (Wildman–Crippen MR) is 87.5 cm³/mol. The topological polar surface area (TPSA) is 23.6 Å². The zero-order valence-corrected chi connectivity index (χ0v) is 14.0. The standard InChI is InChI=1S/C17H26N2OS/c1-3-4-7-15-8-9-16(21-15)12-18-11-14-6-5-10-19(14)17(20)13(18)2/h8-9,13-14H,3-7,10-12H2,1-2H3/t13-,14-/m1/s1. The fraction of sp³-hybridized carbons (Fsp3) is 0.706. The Bertz CT molecular complexity index is 499. The minimum Gasteiger partial charge on any atom is -0.337 e. The van der Waals surface area contributed by atoms with E-state index in [1.54, 1.807) is 0 Å². The third-order valence-corrected chi connectivity index (χ3v) is 5.99. The summed E-state index contributed by atoms with van der Waals surface area (Å²) in [4.78, 5) is 19.8. The molecule has 0 aromatic carbocycles. The maximum Gasteiger partial charge on any atom is 0.239 e. The Morgan fingerprint density at radius 3 is 2.95 bits per heavy atom. The molecule has 0 saturated carbocycles. The number of carbonyl (C=O) groups excluding carboxylic acids is 1. The van der Waals surface area contributed by atoms with E-state index >= 15 is 0 Å². The van der Waals surface area contributed by atoms with Crippen LogP contribution in [0.1, 0.15) is 49.3 Å². The number of fused-ring (bicyclic) bond motifs is 1. The van der Waals surface area contributed by atoms with Gasteiger partial charge in [-0.3, -0.25) is 9.69 Å². The molecule has 21 heavy (non-hydrogen) atoms. The third-order valence-electron chi connectivity index (χ3n) is 4.86. The summed E-state index contributed by atoms with van der Waals surface area (Å²) in [6.07, 6.45) is 6.09. The zero-order chi connectivity index (χ0) is 14.8. The number of unbranched alkanes of at least 4 members (excludes halogenated alkanes) is 1. The van der Waals surface area contributed by atoms with Gasteiger partial charge in [-0.25, -0.2) is 0 Å². The number of thiophene rings is 1. The summed E-state index contributed by atoms with van der Waals surface area (Å²) in [7, 11) is 0. The van der Waals surface area contributed by atoms with Gasteiger partial charge in [-0.1, -0.05) is 13.3 Å². The van der Waals surface area contributed by atoms with E-state index < -0.39 is 0 Å². The lowest BCUT2D eigenvalue weighted by Crippen LogP contribution is -2.58. The molecule has 0 spiro atoms. The Balaban J connectivity index is 1.63. The molecule has 0 bridgehead atoms. The number of aryl methyl sites for hydroxylation is 1. The molecule has 1 aromatic heterocycles. The molecule has 2 aliphatic heterocycles. The molecule has 0 radical (unpaired) electrons. The minimum absolute atomic E-state index is 0.0422. The van der Waals surface area contributed by atoms with Gasteiger partial charge in [0, 0.05) is 35.4 Å². The second-order valence-electron chi connectivity index (χ2n) is 6.40. The molecule has 0 N–H and O–H groups in total. The van der Waals surface area contributed by atoms with Gasteiger partial charge < -0.3 is 4.90 Å². The Morgan fingerprint density at radius 2 is 2.14 bits per heavy atom. The highest BCUT2D eigenvalue weighted by atomic mass is 32.1. The highest BCUT2D eigenvalue weighted by molar-refractivity contribution is 7.11. The summed E-state index contributed by atoms with van der Waals surface area (Å²) in [5, 5.41) is 0. The molecule has 1 aromatic rings. The summed E-state index contributed by atoms with van der Waals surface area (Å²) in [5.41, 5.74) is 0. The average molecular weight is 306 g/mol. The van der Waals surface area contributed by atoms with Crippen molar-refractivity contribution >= 4 is 17.2 Å². The Kier molecular flexibility index (Phi) is 4.65. The fourth-order valence-electron chi connectivity index (χ4n) is 3.53. The number of hydrogen-bond acceptors (Lipinski definition) is 3. The van der Waals surface area contributed by atoms with Gasteiger partial charge in [-0.15, -0.1) is 11.3 Å². The predicted octanol–water partition coefficient (Wildman–Crippen LogP) is 3.29.